The molecule has 0 saturated heterocycles. The van der Waals surface area contributed by atoms with Gasteiger partial charge in [-0.15, -0.1) is 0 Å². The predicted molar refractivity (Wildman–Crippen MR) is 418 cm³/mol. The fourth-order valence-electron chi connectivity index (χ4n) is 12.8. The predicted octanol–water partition coefficient (Wildman–Crippen LogP) is 24.8. The number of phosphoric acid groups is 2. The minimum absolute atomic E-state index is 0.106. The van der Waals surface area contributed by atoms with E-state index in [-0.39, 0.29) is 25.7 Å². The Morgan fingerprint density at radius 1 is 0.275 bits per heavy atom. The quantitative estimate of drug-likeness (QED) is 0.0222. The molecule has 0 spiro atoms. The molecular formula is C83H162O17P2. The summed E-state index contributed by atoms with van der Waals surface area (Å²) < 4.78 is 68.8. The number of hydrogen-bond acceptors (Lipinski definition) is 15. The molecule has 17 nitrogen and oxygen atoms in total. The molecule has 3 N–H and O–H groups in total. The van der Waals surface area contributed by atoms with Gasteiger partial charge in [-0.05, 0) is 49.4 Å². The maximum atomic E-state index is 13.1. The zero-order valence-corrected chi connectivity index (χ0v) is 69.0. The highest BCUT2D eigenvalue weighted by atomic mass is 31.2. The van der Waals surface area contributed by atoms with Gasteiger partial charge in [0, 0.05) is 25.7 Å². The molecule has 0 aliphatic rings. The fraction of sp³-hybridized carbons (Fsp3) is 0.952. The van der Waals surface area contributed by atoms with E-state index in [0.29, 0.717) is 25.7 Å². The summed E-state index contributed by atoms with van der Waals surface area (Å²) >= 11 is 0. The number of phosphoric ester groups is 2. The van der Waals surface area contributed by atoms with Crippen molar-refractivity contribution in [2.75, 3.05) is 39.6 Å². The molecule has 0 radical (unpaired) electrons. The third-order valence-electron chi connectivity index (χ3n) is 19.7. The largest absolute Gasteiger partial charge is 0.472 e. The van der Waals surface area contributed by atoms with E-state index in [4.69, 9.17) is 37.0 Å². The molecule has 102 heavy (non-hydrogen) atoms. The standard InChI is InChI=1S/C83H162O17P2/c1-9-76(8)62-54-46-38-30-22-15-11-13-17-24-32-41-49-57-65-82(87)99-78(69-93-80(85)63-55-47-39-31-23-16-12-10-14-20-27-35-43-51-59-73(2)3)71-97-101(89,90)95-67-77(84)68-96-102(91,92)98-72-79(70-94-81(86)64-56-48-40-34-26-29-37-45-53-61-75(6)7)100-83(88)66-58-50-42-33-25-19-18-21-28-36-44-52-60-74(4)5/h73-79,84H,9-72H2,1-8H3,(H,89,90)(H,91,92)/t76?,77-,78-,79-/m1/s1. The lowest BCUT2D eigenvalue weighted by Crippen LogP contribution is -2.30. The van der Waals surface area contributed by atoms with Crippen LogP contribution in [0, 0.1) is 23.7 Å². The fourth-order valence-corrected chi connectivity index (χ4v) is 14.3. The summed E-state index contributed by atoms with van der Waals surface area (Å²) in [6.07, 6.45) is 59.5. The Bertz CT molecular complexity index is 1990. The average molecular weight is 1490 g/mol. The minimum Gasteiger partial charge on any atom is -0.462 e. The Morgan fingerprint density at radius 3 is 0.696 bits per heavy atom. The molecule has 0 saturated carbocycles. The monoisotopic (exact) mass is 1490 g/mol. The van der Waals surface area contributed by atoms with Crippen molar-refractivity contribution in [3.63, 3.8) is 0 Å². The van der Waals surface area contributed by atoms with Crippen molar-refractivity contribution < 1.29 is 80.2 Å². The van der Waals surface area contributed by atoms with E-state index >= 15 is 0 Å². The number of aliphatic hydroxyl groups excluding tert-OH is 1. The average Bonchev–Trinajstić information content (AvgIpc) is 0.918. The van der Waals surface area contributed by atoms with Crippen LogP contribution in [0.3, 0.4) is 0 Å². The van der Waals surface area contributed by atoms with Crippen LogP contribution < -0.4 is 0 Å². The van der Waals surface area contributed by atoms with Crippen molar-refractivity contribution in [2.45, 2.75) is 446 Å². The van der Waals surface area contributed by atoms with Gasteiger partial charge < -0.3 is 33.8 Å². The van der Waals surface area contributed by atoms with E-state index in [1.54, 1.807) is 0 Å². The number of aliphatic hydroxyl groups is 1. The van der Waals surface area contributed by atoms with E-state index in [9.17, 15) is 43.2 Å². The van der Waals surface area contributed by atoms with Gasteiger partial charge in [0.1, 0.15) is 19.3 Å². The van der Waals surface area contributed by atoms with E-state index < -0.39 is 97.5 Å². The van der Waals surface area contributed by atoms with Crippen molar-refractivity contribution >= 4 is 39.5 Å². The van der Waals surface area contributed by atoms with Crippen LogP contribution in [0.15, 0.2) is 0 Å². The van der Waals surface area contributed by atoms with Gasteiger partial charge in [-0.2, -0.15) is 0 Å². The Balaban J connectivity index is 5.27. The zero-order chi connectivity index (χ0) is 75.3. The van der Waals surface area contributed by atoms with Crippen LogP contribution >= 0.6 is 15.6 Å². The molecule has 0 aromatic heterocycles. The van der Waals surface area contributed by atoms with Gasteiger partial charge in [0.25, 0.3) is 0 Å². The van der Waals surface area contributed by atoms with Crippen molar-refractivity contribution in [3.8, 4) is 0 Å². The lowest BCUT2D eigenvalue weighted by Gasteiger charge is -2.21. The first-order valence-electron chi connectivity index (χ1n) is 42.7. The third kappa shape index (κ3) is 74.9. The van der Waals surface area contributed by atoms with E-state index in [0.717, 1.165) is 114 Å². The van der Waals surface area contributed by atoms with E-state index in [1.165, 1.54) is 231 Å². The summed E-state index contributed by atoms with van der Waals surface area (Å²) in [5, 5.41) is 10.7. The molecule has 0 amide bonds. The van der Waals surface area contributed by atoms with Gasteiger partial charge in [0.05, 0.1) is 26.4 Å². The summed E-state index contributed by atoms with van der Waals surface area (Å²) in [5.41, 5.74) is 0. The molecule has 0 aliphatic heterocycles. The van der Waals surface area contributed by atoms with Gasteiger partial charge in [-0.1, -0.05) is 376 Å². The molecule has 0 aromatic carbocycles. The molecule has 0 heterocycles. The minimum atomic E-state index is -4.96. The van der Waals surface area contributed by atoms with E-state index in [2.05, 4.69) is 55.4 Å². The molecule has 0 rings (SSSR count). The Hall–Kier alpha value is -1.94. The third-order valence-corrected chi connectivity index (χ3v) is 21.6. The topological polar surface area (TPSA) is 237 Å². The van der Waals surface area contributed by atoms with Crippen LogP contribution in [-0.2, 0) is 65.4 Å². The SMILES string of the molecule is CCC(C)CCCCCCCCCCCCCCCCC(=O)O[C@H](COC(=O)CCCCCCCCCCCCCCCCC(C)C)COP(=O)(O)OC[C@@H](O)COP(=O)(O)OC[C@@H](COC(=O)CCCCCCCCCCCC(C)C)OC(=O)CCCCCCCCCCCCCCC(C)C. The smallest absolute Gasteiger partial charge is 0.462 e. The summed E-state index contributed by atoms with van der Waals surface area (Å²) in [6.45, 7) is 14.3. The Labute approximate surface area is 626 Å². The lowest BCUT2D eigenvalue weighted by atomic mass is 9.99. The van der Waals surface area contributed by atoms with E-state index in [1.807, 2.05) is 0 Å². The van der Waals surface area contributed by atoms with Crippen LogP contribution in [-0.4, -0.2) is 96.7 Å². The lowest BCUT2D eigenvalue weighted by molar-refractivity contribution is -0.161. The van der Waals surface area contributed by atoms with Crippen LogP contribution in [0.1, 0.15) is 428 Å². The first-order valence-corrected chi connectivity index (χ1v) is 45.7. The maximum Gasteiger partial charge on any atom is 0.472 e. The summed E-state index contributed by atoms with van der Waals surface area (Å²) in [4.78, 5) is 73.2. The van der Waals surface area contributed by atoms with Crippen molar-refractivity contribution in [3.05, 3.63) is 0 Å². The number of ether oxygens (including phenoxy) is 4. The highest BCUT2D eigenvalue weighted by Crippen LogP contribution is 2.45. The van der Waals surface area contributed by atoms with Gasteiger partial charge in [-0.3, -0.25) is 37.3 Å². The van der Waals surface area contributed by atoms with Crippen molar-refractivity contribution in [1.82, 2.24) is 0 Å². The maximum absolute atomic E-state index is 13.1. The zero-order valence-electron chi connectivity index (χ0n) is 67.2. The molecule has 3 unspecified atom stereocenters. The number of hydrogen-bond donors (Lipinski definition) is 3. The van der Waals surface area contributed by atoms with Crippen LogP contribution in [0.4, 0.5) is 0 Å². The van der Waals surface area contributed by atoms with Crippen LogP contribution in [0.2, 0.25) is 0 Å². The second-order valence-electron chi connectivity index (χ2n) is 31.5. The van der Waals surface area contributed by atoms with Crippen LogP contribution in [0.25, 0.3) is 0 Å². The first kappa shape index (κ1) is 100. The van der Waals surface area contributed by atoms with Gasteiger partial charge >= 0.3 is 39.5 Å². The summed E-state index contributed by atoms with van der Waals surface area (Å²) in [6, 6.07) is 0. The number of esters is 4. The molecule has 0 aliphatic carbocycles. The Kier molecular flexibility index (Phi) is 70.6. The molecule has 0 aromatic rings. The number of carbonyl (C=O) groups excluding carboxylic acids is 4. The molecular weight excluding hydrogens is 1330 g/mol. The normalized spacial score (nSPS) is 14.3. The second-order valence-corrected chi connectivity index (χ2v) is 34.4. The first-order chi connectivity index (χ1) is 49.1. The molecule has 0 fully saturated rings. The van der Waals surface area contributed by atoms with Crippen molar-refractivity contribution in [2.24, 2.45) is 23.7 Å². The van der Waals surface area contributed by atoms with Crippen LogP contribution in [0.5, 0.6) is 0 Å². The molecule has 19 heteroatoms. The van der Waals surface area contributed by atoms with Gasteiger partial charge in [-0.25, -0.2) is 9.13 Å². The highest BCUT2D eigenvalue weighted by molar-refractivity contribution is 7.47. The summed E-state index contributed by atoms with van der Waals surface area (Å²) in [5.74, 6) is 1.06. The second kappa shape index (κ2) is 72.0. The number of unbranched alkanes of at least 4 members (excludes halogenated alkanes) is 45. The molecule has 6 atom stereocenters. The number of carbonyl (C=O) groups is 4. The van der Waals surface area contributed by atoms with Gasteiger partial charge in [0.15, 0.2) is 12.2 Å². The molecule has 0 bridgehead atoms. The highest BCUT2D eigenvalue weighted by Gasteiger charge is 2.30. The Morgan fingerprint density at radius 2 is 0.471 bits per heavy atom. The summed E-state index contributed by atoms with van der Waals surface area (Å²) in [7, 11) is -9.93. The molecule has 606 valence electrons. The van der Waals surface area contributed by atoms with Gasteiger partial charge in [0.2, 0.25) is 0 Å². The number of rotatable bonds is 80. The van der Waals surface area contributed by atoms with Crippen molar-refractivity contribution in [1.29, 1.82) is 0 Å².